The summed E-state index contributed by atoms with van der Waals surface area (Å²) in [5.41, 5.74) is 4.82. The monoisotopic (exact) mass is 304 g/mol. The van der Waals surface area contributed by atoms with Gasteiger partial charge in [-0.05, 0) is 53.0 Å². The van der Waals surface area contributed by atoms with Crippen molar-refractivity contribution in [3.05, 3.63) is 84.0 Å². The first-order valence-corrected chi connectivity index (χ1v) is 7.67. The SMILES string of the molecule is COc1cccc(C2=C(c3cccc(OC)c3)CC=CC=C2)c1. The van der Waals surface area contributed by atoms with Gasteiger partial charge in [-0.1, -0.05) is 48.6 Å². The first kappa shape index (κ1) is 15.2. The van der Waals surface area contributed by atoms with E-state index in [1.54, 1.807) is 14.2 Å². The second-order valence-electron chi connectivity index (χ2n) is 5.35. The van der Waals surface area contributed by atoms with Crippen LogP contribution in [0.2, 0.25) is 0 Å². The minimum absolute atomic E-state index is 0.866. The second kappa shape index (κ2) is 7.01. The fraction of sp³-hybridized carbons (Fsp3) is 0.143. The Bertz CT molecular complexity index is 782. The van der Waals surface area contributed by atoms with Crippen molar-refractivity contribution >= 4 is 11.1 Å². The Kier molecular flexibility index (Phi) is 4.62. The number of rotatable bonds is 4. The fourth-order valence-corrected chi connectivity index (χ4v) is 2.77. The number of methoxy groups -OCH3 is 2. The van der Waals surface area contributed by atoms with Crippen molar-refractivity contribution in [2.24, 2.45) is 0 Å². The predicted octanol–water partition coefficient (Wildman–Crippen LogP) is 5.13. The molecule has 2 heteroatoms. The zero-order valence-electron chi connectivity index (χ0n) is 13.5. The molecule has 0 bridgehead atoms. The van der Waals surface area contributed by atoms with E-state index < -0.39 is 0 Å². The molecule has 0 radical (unpaired) electrons. The number of hydrogen-bond donors (Lipinski definition) is 0. The van der Waals surface area contributed by atoms with E-state index in [1.807, 2.05) is 24.3 Å². The van der Waals surface area contributed by atoms with Crippen molar-refractivity contribution in [3.63, 3.8) is 0 Å². The third-order valence-electron chi connectivity index (χ3n) is 3.96. The third kappa shape index (κ3) is 3.37. The normalized spacial score (nSPS) is 13.8. The molecule has 0 saturated carbocycles. The maximum Gasteiger partial charge on any atom is 0.119 e. The average molecular weight is 304 g/mol. The molecule has 0 amide bonds. The molecule has 0 aromatic heterocycles. The Morgan fingerprint density at radius 3 is 2.13 bits per heavy atom. The van der Waals surface area contributed by atoms with Crippen molar-refractivity contribution in [1.29, 1.82) is 0 Å². The maximum absolute atomic E-state index is 5.38. The predicted molar refractivity (Wildman–Crippen MR) is 95.7 cm³/mol. The summed E-state index contributed by atoms with van der Waals surface area (Å²) in [6.07, 6.45) is 9.40. The summed E-state index contributed by atoms with van der Waals surface area (Å²) in [4.78, 5) is 0. The van der Waals surface area contributed by atoms with Crippen LogP contribution in [0.5, 0.6) is 11.5 Å². The van der Waals surface area contributed by atoms with Crippen LogP contribution < -0.4 is 9.47 Å². The molecule has 23 heavy (non-hydrogen) atoms. The van der Waals surface area contributed by atoms with Crippen LogP contribution in [0, 0.1) is 0 Å². The molecule has 0 fully saturated rings. The molecule has 1 aliphatic carbocycles. The molecule has 0 N–H and O–H groups in total. The minimum atomic E-state index is 0.866. The molecule has 2 aromatic rings. The summed E-state index contributed by atoms with van der Waals surface area (Å²) < 4.78 is 10.7. The molecule has 116 valence electrons. The van der Waals surface area contributed by atoms with Crippen LogP contribution in [0.3, 0.4) is 0 Å². The highest BCUT2D eigenvalue weighted by atomic mass is 16.5. The standard InChI is InChI=1S/C21H20O2/c1-22-18-10-6-8-16(14-18)20-12-4-3-5-13-21(20)17-9-7-11-19(15-17)23-2/h3-12,14-15H,13H2,1-2H3. The van der Waals surface area contributed by atoms with Crippen LogP contribution in [-0.2, 0) is 0 Å². The molecule has 2 aromatic carbocycles. The topological polar surface area (TPSA) is 18.5 Å². The Labute approximate surface area is 137 Å². The van der Waals surface area contributed by atoms with Crippen LogP contribution >= 0.6 is 0 Å². The first-order chi connectivity index (χ1) is 11.3. The largest absolute Gasteiger partial charge is 0.497 e. The second-order valence-corrected chi connectivity index (χ2v) is 5.35. The molecule has 1 aliphatic rings. The van der Waals surface area contributed by atoms with Gasteiger partial charge in [0.2, 0.25) is 0 Å². The van der Waals surface area contributed by atoms with Crippen LogP contribution in [0.25, 0.3) is 11.1 Å². The summed E-state index contributed by atoms with van der Waals surface area (Å²) in [5.74, 6) is 1.74. The lowest BCUT2D eigenvalue weighted by molar-refractivity contribution is 0.414. The van der Waals surface area contributed by atoms with Gasteiger partial charge in [-0.25, -0.2) is 0 Å². The van der Waals surface area contributed by atoms with E-state index in [0.29, 0.717) is 0 Å². The fourth-order valence-electron chi connectivity index (χ4n) is 2.77. The van der Waals surface area contributed by atoms with Gasteiger partial charge in [-0.3, -0.25) is 0 Å². The van der Waals surface area contributed by atoms with E-state index in [4.69, 9.17) is 9.47 Å². The third-order valence-corrected chi connectivity index (χ3v) is 3.96. The number of allylic oxidation sites excluding steroid dienone is 6. The van der Waals surface area contributed by atoms with Crippen LogP contribution in [0.1, 0.15) is 17.5 Å². The lowest BCUT2D eigenvalue weighted by atomic mass is 9.92. The summed E-state index contributed by atoms with van der Waals surface area (Å²) in [7, 11) is 3.39. The van der Waals surface area contributed by atoms with Crippen LogP contribution in [-0.4, -0.2) is 14.2 Å². The average Bonchev–Trinajstić information content (AvgIpc) is 2.88. The van der Waals surface area contributed by atoms with Gasteiger partial charge in [0.25, 0.3) is 0 Å². The molecule has 0 atom stereocenters. The van der Waals surface area contributed by atoms with Gasteiger partial charge >= 0.3 is 0 Å². The highest BCUT2D eigenvalue weighted by molar-refractivity contribution is 5.97. The Morgan fingerprint density at radius 2 is 1.43 bits per heavy atom. The molecule has 0 aliphatic heterocycles. The number of benzene rings is 2. The first-order valence-electron chi connectivity index (χ1n) is 7.67. The van der Waals surface area contributed by atoms with Gasteiger partial charge in [0.15, 0.2) is 0 Å². The number of hydrogen-bond acceptors (Lipinski definition) is 2. The van der Waals surface area contributed by atoms with Crippen molar-refractivity contribution in [2.45, 2.75) is 6.42 Å². The highest BCUT2D eigenvalue weighted by Gasteiger charge is 2.11. The maximum atomic E-state index is 5.38. The zero-order chi connectivity index (χ0) is 16.1. The van der Waals surface area contributed by atoms with Gasteiger partial charge in [0, 0.05) is 0 Å². The Hall–Kier alpha value is -2.74. The lowest BCUT2D eigenvalue weighted by Crippen LogP contribution is -1.92. The van der Waals surface area contributed by atoms with Crippen LogP contribution in [0.4, 0.5) is 0 Å². The highest BCUT2D eigenvalue weighted by Crippen LogP contribution is 2.34. The molecule has 3 rings (SSSR count). The van der Waals surface area contributed by atoms with Gasteiger partial charge in [0.1, 0.15) is 11.5 Å². The summed E-state index contributed by atoms with van der Waals surface area (Å²) in [6.45, 7) is 0. The van der Waals surface area contributed by atoms with E-state index in [0.717, 1.165) is 23.5 Å². The number of ether oxygens (including phenoxy) is 2. The van der Waals surface area contributed by atoms with Gasteiger partial charge in [-0.2, -0.15) is 0 Å². The quantitative estimate of drug-likeness (QED) is 0.779. The molecule has 0 spiro atoms. The molecular weight excluding hydrogens is 284 g/mol. The Morgan fingerprint density at radius 1 is 0.783 bits per heavy atom. The summed E-state index contributed by atoms with van der Waals surface area (Å²) in [5, 5.41) is 0. The molecular formula is C21H20O2. The van der Waals surface area contributed by atoms with Gasteiger partial charge in [-0.15, -0.1) is 0 Å². The smallest absolute Gasteiger partial charge is 0.119 e. The van der Waals surface area contributed by atoms with E-state index in [9.17, 15) is 0 Å². The summed E-state index contributed by atoms with van der Waals surface area (Å²) >= 11 is 0. The zero-order valence-corrected chi connectivity index (χ0v) is 13.5. The van der Waals surface area contributed by atoms with Crippen LogP contribution in [0.15, 0.2) is 72.8 Å². The van der Waals surface area contributed by atoms with E-state index >= 15 is 0 Å². The lowest BCUT2D eigenvalue weighted by Gasteiger charge is -2.13. The van der Waals surface area contributed by atoms with Gasteiger partial charge in [0.05, 0.1) is 14.2 Å². The molecule has 2 nitrogen and oxygen atoms in total. The van der Waals surface area contributed by atoms with E-state index in [-0.39, 0.29) is 0 Å². The molecule has 0 heterocycles. The van der Waals surface area contributed by atoms with E-state index in [2.05, 4.69) is 48.6 Å². The van der Waals surface area contributed by atoms with E-state index in [1.165, 1.54) is 16.7 Å². The van der Waals surface area contributed by atoms with Gasteiger partial charge < -0.3 is 9.47 Å². The van der Waals surface area contributed by atoms with Crippen molar-refractivity contribution in [2.75, 3.05) is 14.2 Å². The van der Waals surface area contributed by atoms with Crippen molar-refractivity contribution < 1.29 is 9.47 Å². The van der Waals surface area contributed by atoms with Crippen molar-refractivity contribution in [1.82, 2.24) is 0 Å². The van der Waals surface area contributed by atoms with Crippen molar-refractivity contribution in [3.8, 4) is 11.5 Å². The summed E-state index contributed by atoms with van der Waals surface area (Å²) in [6, 6.07) is 16.4. The molecule has 0 saturated heterocycles. The molecule has 0 unspecified atom stereocenters. The minimum Gasteiger partial charge on any atom is -0.497 e. The Balaban J connectivity index is 2.15.